The number of pyridine rings is 1. The van der Waals surface area contributed by atoms with Gasteiger partial charge in [0.25, 0.3) is 0 Å². The van der Waals surface area contributed by atoms with Gasteiger partial charge in [0.2, 0.25) is 5.56 Å². The van der Waals surface area contributed by atoms with E-state index in [0.29, 0.717) is 36.1 Å². The topological polar surface area (TPSA) is 133 Å². The smallest absolute Gasteiger partial charge is 0.248 e. The number of phenols is 1. The maximum atomic E-state index is 11.6. The highest BCUT2D eigenvalue weighted by Crippen LogP contribution is 2.34. The first-order valence-corrected chi connectivity index (χ1v) is 13.5. The zero-order valence-electron chi connectivity index (χ0n) is 22.9. The second-order valence-corrected chi connectivity index (χ2v) is 9.90. The van der Waals surface area contributed by atoms with Gasteiger partial charge >= 0.3 is 0 Å². The molecule has 0 aliphatic heterocycles. The zero-order chi connectivity index (χ0) is 28.8. The van der Waals surface area contributed by atoms with E-state index in [2.05, 4.69) is 45.9 Å². The Morgan fingerprint density at radius 1 is 0.927 bits per heavy atom. The number of aliphatic hydroxyl groups excluding tert-OH is 1. The number of nitrogens with two attached hydrogens (primary N) is 1. The number of H-pyrrole nitrogens is 1. The number of ether oxygens (including phenoxy) is 1. The predicted octanol–water partition coefficient (Wildman–Crippen LogP) is 4.98. The minimum absolute atomic E-state index is 0.0238. The minimum Gasteiger partial charge on any atom is -0.506 e. The van der Waals surface area contributed by atoms with Gasteiger partial charge in [0, 0.05) is 41.5 Å². The van der Waals surface area contributed by atoms with Crippen LogP contribution in [0.3, 0.4) is 0 Å². The first-order chi connectivity index (χ1) is 19.9. The van der Waals surface area contributed by atoms with Crippen LogP contribution >= 0.6 is 0 Å². The van der Waals surface area contributed by atoms with E-state index >= 15 is 0 Å². The third kappa shape index (κ3) is 6.58. The summed E-state index contributed by atoms with van der Waals surface area (Å²) in [6.45, 7) is 1.50. The van der Waals surface area contributed by atoms with Crippen LogP contribution in [-0.4, -0.2) is 35.4 Å². The number of nitrogens with one attached hydrogen (secondary N) is 3. The van der Waals surface area contributed by atoms with Gasteiger partial charge in [0.05, 0.1) is 18.7 Å². The highest BCUT2D eigenvalue weighted by molar-refractivity contribution is 5.87. The van der Waals surface area contributed by atoms with Crippen molar-refractivity contribution in [1.29, 1.82) is 0 Å². The molecule has 210 valence electrons. The van der Waals surface area contributed by atoms with E-state index < -0.39 is 6.10 Å². The average molecular weight is 551 g/mol. The molecule has 8 nitrogen and oxygen atoms in total. The summed E-state index contributed by atoms with van der Waals surface area (Å²) in [7, 11) is 1.67. The number of anilines is 2. The molecule has 0 fully saturated rings. The molecule has 1 aromatic heterocycles. The van der Waals surface area contributed by atoms with E-state index in [9.17, 15) is 15.0 Å². The Bertz CT molecular complexity index is 1700. The number of benzene rings is 4. The van der Waals surface area contributed by atoms with Crippen LogP contribution in [0.15, 0.2) is 95.8 Å². The summed E-state index contributed by atoms with van der Waals surface area (Å²) in [5.41, 5.74) is 12.7. The number of phenolic OH excluding ortho intramolecular Hbond substituents is 1. The summed E-state index contributed by atoms with van der Waals surface area (Å²) in [5, 5.41) is 28.2. The summed E-state index contributed by atoms with van der Waals surface area (Å²) in [6.07, 6.45) is 0.00335. The van der Waals surface area contributed by atoms with Crippen molar-refractivity contribution in [2.75, 3.05) is 25.5 Å². The standard InChI is InChI=1S/C33H34N4O4/c1-41-31-13-9-25(18-28(31)23-4-2-3-22(17-23)19-34)36-24-7-5-21(6-8-24)15-16-35-20-30(39)26-10-12-29(38)33-27(26)11-14-32(40)37-33/h2-14,17-18,30,35-36,38-39H,15-16,19-20,34H2,1H3,(H,37,40)/t30-/m0/s1. The maximum absolute atomic E-state index is 11.6. The second-order valence-electron chi connectivity index (χ2n) is 9.90. The molecular weight excluding hydrogens is 516 g/mol. The van der Waals surface area contributed by atoms with Gasteiger partial charge in [-0.05, 0) is 83.8 Å². The Morgan fingerprint density at radius 2 is 1.73 bits per heavy atom. The normalized spacial score (nSPS) is 11.9. The van der Waals surface area contributed by atoms with Crippen LogP contribution < -0.4 is 26.7 Å². The molecule has 0 spiro atoms. The van der Waals surface area contributed by atoms with Gasteiger partial charge in [-0.1, -0.05) is 36.4 Å². The molecule has 41 heavy (non-hydrogen) atoms. The van der Waals surface area contributed by atoms with Crippen LogP contribution in [0.2, 0.25) is 0 Å². The lowest BCUT2D eigenvalue weighted by atomic mass is 10.0. The molecule has 8 heteroatoms. The molecule has 0 bridgehead atoms. The number of rotatable bonds is 11. The van der Waals surface area contributed by atoms with E-state index in [1.807, 2.05) is 36.4 Å². The highest BCUT2D eigenvalue weighted by Gasteiger charge is 2.14. The van der Waals surface area contributed by atoms with Gasteiger partial charge in [-0.25, -0.2) is 0 Å². The lowest BCUT2D eigenvalue weighted by Crippen LogP contribution is -2.24. The molecular formula is C33H34N4O4. The fourth-order valence-electron chi connectivity index (χ4n) is 4.93. The number of aromatic hydroxyl groups is 1. The Hall–Kier alpha value is -4.63. The van der Waals surface area contributed by atoms with Gasteiger partial charge in [0.15, 0.2) is 0 Å². The minimum atomic E-state index is -0.789. The van der Waals surface area contributed by atoms with E-state index in [-0.39, 0.29) is 11.3 Å². The van der Waals surface area contributed by atoms with Gasteiger partial charge < -0.3 is 36.3 Å². The number of hydrogen-bond acceptors (Lipinski definition) is 7. The van der Waals surface area contributed by atoms with Gasteiger partial charge in [-0.2, -0.15) is 0 Å². The summed E-state index contributed by atoms with van der Waals surface area (Å²) in [5.74, 6) is 0.774. The number of aromatic amines is 1. The van der Waals surface area contributed by atoms with Crippen LogP contribution in [0.25, 0.3) is 22.0 Å². The quantitative estimate of drug-likeness (QED) is 0.128. The number of aliphatic hydroxyl groups is 1. The van der Waals surface area contributed by atoms with Crippen molar-refractivity contribution in [1.82, 2.24) is 10.3 Å². The first kappa shape index (κ1) is 27.9. The second kappa shape index (κ2) is 12.7. The number of methoxy groups -OCH3 is 1. The lowest BCUT2D eigenvalue weighted by molar-refractivity contribution is 0.176. The highest BCUT2D eigenvalue weighted by atomic mass is 16.5. The zero-order valence-corrected chi connectivity index (χ0v) is 22.9. The predicted molar refractivity (Wildman–Crippen MR) is 164 cm³/mol. The van der Waals surface area contributed by atoms with Gasteiger partial charge in [0.1, 0.15) is 11.5 Å². The van der Waals surface area contributed by atoms with E-state index in [1.54, 1.807) is 19.2 Å². The Kier molecular flexibility index (Phi) is 8.64. The monoisotopic (exact) mass is 550 g/mol. The van der Waals surface area contributed by atoms with Crippen molar-refractivity contribution in [3.8, 4) is 22.6 Å². The van der Waals surface area contributed by atoms with Crippen molar-refractivity contribution in [3.05, 3.63) is 118 Å². The fourth-order valence-corrected chi connectivity index (χ4v) is 4.93. The van der Waals surface area contributed by atoms with Crippen molar-refractivity contribution in [2.24, 2.45) is 5.73 Å². The molecule has 1 heterocycles. The SMILES string of the molecule is COc1ccc(Nc2ccc(CCNC[C@H](O)c3ccc(O)c4[nH]c(=O)ccc34)cc2)cc1-c1cccc(CN)c1. The molecule has 1 atom stereocenters. The maximum Gasteiger partial charge on any atom is 0.248 e. The Morgan fingerprint density at radius 3 is 2.51 bits per heavy atom. The molecule has 0 saturated carbocycles. The number of aromatic nitrogens is 1. The third-order valence-corrected chi connectivity index (χ3v) is 7.11. The summed E-state index contributed by atoms with van der Waals surface area (Å²) >= 11 is 0. The van der Waals surface area contributed by atoms with E-state index in [1.165, 1.54) is 17.7 Å². The molecule has 0 aliphatic carbocycles. The summed E-state index contributed by atoms with van der Waals surface area (Å²) in [4.78, 5) is 14.3. The van der Waals surface area contributed by atoms with Crippen molar-refractivity contribution < 1.29 is 14.9 Å². The molecule has 4 aromatic carbocycles. The molecule has 7 N–H and O–H groups in total. The average Bonchev–Trinajstić information content (AvgIpc) is 3.00. The van der Waals surface area contributed by atoms with Crippen molar-refractivity contribution >= 4 is 22.3 Å². The molecule has 0 unspecified atom stereocenters. The number of hydrogen-bond donors (Lipinski definition) is 6. The van der Waals surface area contributed by atoms with Crippen molar-refractivity contribution in [3.63, 3.8) is 0 Å². The van der Waals surface area contributed by atoms with E-state index in [0.717, 1.165) is 40.2 Å². The molecule has 0 amide bonds. The van der Waals surface area contributed by atoms with Crippen LogP contribution in [0.4, 0.5) is 11.4 Å². The van der Waals surface area contributed by atoms with Gasteiger partial charge in [-0.15, -0.1) is 0 Å². The molecule has 0 radical (unpaired) electrons. The molecule has 0 aliphatic rings. The van der Waals surface area contributed by atoms with Gasteiger partial charge in [-0.3, -0.25) is 4.79 Å². The van der Waals surface area contributed by atoms with Crippen molar-refractivity contribution in [2.45, 2.75) is 19.1 Å². The first-order valence-electron chi connectivity index (χ1n) is 13.5. The summed E-state index contributed by atoms with van der Waals surface area (Å²) < 4.78 is 5.61. The fraction of sp³-hybridized carbons (Fsp3) is 0.182. The van der Waals surface area contributed by atoms with E-state index in [4.69, 9.17) is 10.5 Å². The Balaban J connectivity index is 1.17. The number of fused-ring (bicyclic) bond motifs is 1. The third-order valence-electron chi connectivity index (χ3n) is 7.11. The lowest BCUT2D eigenvalue weighted by Gasteiger charge is -2.15. The molecule has 0 saturated heterocycles. The Labute approximate surface area is 238 Å². The van der Waals surface area contributed by atoms with Crippen LogP contribution in [0, 0.1) is 0 Å². The largest absolute Gasteiger partial charge is 0.506 e. The van der Waals surface area contributed by atoms with Crippen LogP contribution in [-0.2, 0) is 13.0 Å². The van der Waals surface area contributed by atoms with Crippen LogP contribution in [0.5, 0.6) is 11.5 Å². The van der Waals surface area contributed by atoms with Crippen LogP contribution in [0.1, 0.15) is 22.8 Å². The molecule has 5 rings (SSSR count). The molecule has 5 aromatic rings. The summed E-state index contributed by atoms with van der Waals surface area (Å²) in [6, 6.07) is 28.6.